The zero-order valence-electron chi connectivity index (χ0n) is 76.6. The number of nitrogens with one attached hydrogen (secondary N) is 12. The molecule has 21 N–H and O–H groups in total. The topological polar surface area (TPSA) is 642 Å². The van der Waals surface area contributed by atoms with Crippen molar-refractivity contribution in [1.29, 1.82) is 0 Å². The van der Waals surface area contributed by atoms with E-state index in [9.17, 15) is 63.9 Å². The van der Waals surface area contributed by atoms with Crippen molar-refractivity contribution in [2.45, 2.75) is 241 Å². The number of hydrogen-bond acceptors (Lipinski definition) is 24. The summed E-state index contributed by atoms with van der Waals surface area (Å²) in [4.78, 5) is 281. The van der Waals surface area contributed by atoms with Crippen molar-refractivity contribution in [3.63, 3.8) is 0 Å². The fraction of sp³-hybridized carbons (Fsp3) is 0.538. The van der Waals surface area contributed by atoms with Gasteiger partial charge in [-0.1, -0.05) is 95.0 Å². The van der Waals surface area contributed by atoms with Gasteiger partial charge in [-0.15, -0.1) is 11.8 Å². The van der Waals surface area contributed by atoms with Crippen molar-refractivity contribution < 1.29 is 112 Å². The summed E-state index contributed by atoms with van der Waals surface area (Å²) in [5.74, 6) is -23.1. The Labute approximate surface area is 788 Å². The number of amides is 14. The molecule has 0 aliphatic carbocycles. The third-order valence-corrected chi connectivity index (χ3v) is 26.4. The third kappa shape index (κ3) is 28.5. The zero-order valence-corrected chi connectivity index (χ0v) is 77.4. The van der Waals surface area contributed by atoms with E-state index in [1.807, 2.05) is 13.8 Å². The Morgan fingerprint density at radius 3 is 1.76 bits per heavy atom. The Bertz CT molecular complexity index is 5260. The van der Waals surface area contributed by atoms with Crippen LogP contribution in [-0.4, -0.2) is 308 Å². The van der Waals surface area contributed by atoms with Gasteiger partial charge in [0.2, 0.25) is 82.7 Å². The molecule has 4 aliphatic rings. The number of ketones is 2. The van der Waals surface area contributed by atoms with Crippen LogP contribution in [0.3, 0.4) is 0 Å². The van der Waals surface area contributed by atoms with Crippen LogP contribution >= 0.6 is 11.8 Å². The van der Waals surface area contributed by atoms with E-state index in [1.54, 1.807) is 60.9 Å². The number of Topliss-reactive ketones (excluding diaryl/α,β-unsaturated/α-hetero) is 2. The molecule has 43 heteroatoms. The number of rotatable bonds is 26. The first kappa shape index (κ1) is 105. The number of benzene rings is 3. The lowest BCUT2D eigenvalue weighted by molar-refractivity contribution is -0.149. The molecule has 14 amide bonds. The maximum absolute atomic E-state index is 15.8. The summed E-state index contributed by atoms with van der Waals surface area (Å²) < 4.78 is 0. The number of aliphatic hydroxyl groups is 2. The summed E-state index contributed by atoms with van der Waals surface area (Å²) in [5.41, 5.74) is 14.3. The van der Waals surface area contributed by atoms with Crippen LogP contribution in [0.15, 0.2) is 97.7 Å². The molecule has 3 aromatic carbocycles. The number of phenolic OH excluding ortho intramolecular Hbond substituents is 1. The summed E-state index contributed by atoms with van der Waals surface area (Å²) in [6, 6.07) is 0.609. The molecule has 4 saturated heterocycles. The van der Waals surface area contributed by atoms with Gasteiger partial charge in [0.15, 0.2) is 11.6 Å². The van der Waals surface area contributed by atoms with Gasteiger partial charge in [0, 0.05) is 130 Å². The molecule has 7 heterocycles. The Balaban J connectivity index is 1.02. The van der Waals surface area contributed by atoms with Gasteiger partial charge in [-0.05, 0) is 112 Å². The van der Waals surface area contributed by atoms with Crippen LogP contribution in [0.4, 0.5) is 0 Å². The molecule has 0 saturated carbocycles. The van der Waals surface area contributed by atoms with Crippen molar-refractivity contribution in [2.24, 2.45) is 29.2 Å². The monoisotopic (exact) mass is 1910 g/mol. The number of phenols is 1. The minimum absolute atomic E-state index is 0.000252. The van der Waals surface area contributed by atoms with Crippen molar-refractivity contribution in [1.82, 2.24) is 87.4 Å². The SMILES string of the molecule is CCCC[C@H]1C(=O)N(C)[C@@H](CCCC)C(=O)N[C@@H](CCCN)C(=O)N[C@H](C(=O)NCC(N)=O)CSCC(=O)N[C@@H](Cc2ccc(O)cc2)C(=O)N2CCCC[C@H]2C(=O)N[C@@H](CC(=O)O)C(=O)N2CCC[C@H]2C(=O)N[C@@H](Cc2c[nH]cn2)C(=O)N[C@@H](CCC(=O)O)C(=O)N2C[C@H](O)C[C@H]2C(=O)N[C@@H](Cc2c[nH]c3ccccc23)C(=O)C[C@@H](CO)C(=O)N[C@@H](Cc2c[nH]c3ccccc23)C(=O)C1C. The number of aliphatic hydroxyl groups excluding tert-OH is 2. The molecule has 4 aliphatic heterocycles. The van der Waals surface area contributed by atoms with Crippen LogP contribution in [0, 0.1) is 17.8 Å². The van der Waals surface area contributed by atoms with E-state index in [2.05, 4.69) is 67.8 Å². The highest BCUT2D eigenvalue weighted by Gasteiger charge is 2.48. The van der Waals surface area contributed by atoms with Gasteiger partial charge < -0.3 is 119 Å². The number of likely N-dealkylation sites (N-methyl/N-ethyl adjacent to an activating group) is 1. The maximum Gasteiger partial charge on any atom is 0.305 e. The lowest BCUT2D eigenvalue weighted by atomic mass is 9.81. The molecule has 1 unspecified atom stereocenters. The molecular weight excluding hydrogens is 1780 g/mol. The average molecular weight is 1910 g/mol. The second-order valence-electron chi connectivity index (χ2n) is 35.2. The van der Waals surface area contributed by atoms with E-state index in [0.717, 1.165) is 21.6 Å². The first-order chi connectivity index (χ1) is 65.1. The summed E-state index contributed by atoms with van der Waals surface area (Å²) >= 11 is 0.783. The van der Waals surface area contributed by atoms with Gasteiger partial charge >= 0.3 is 11.9 Å². The number of carboxylic acid groups (broad SMARTS) is 2. The number of carboxylic acids is 2. The maximum atomic E-state index is 15.8. The summed E-state index contributed by atoms with van der Waals surface area (Å²) in [6.45, 7) is 2.60. The fourth-order valence-electron chi connectivity index (χ4n) is 17.9. The molecule has 10 rings (SSSR count). The number of carbonyl (C=O) groups is 18. The normalized spacial score (nSPS) is 25.7. The van der Waals surface area contributed by atoms with E-state index in [1.165, 1.54) is 60.6 Å². The second kappa shape index (κ2) is 50.4. The smallest absolute Gasteiger partial charge is 0.305 e. The van der Waals surface area contributed by atoms with Gasteiger partial charge in [0.1, 0.15) is 66.2 Å². The molecule has 4 fully saturated rings. The lowest BCUT2D eigenvalue weighted by Crippen LogP contribution is -2.61. The van der Waals surface area contributed by atoms with Gasteiger partial charge in [-0.3, -0.25) is 86.3 Å². The molecule has 0 bridgehead atoms. The molecule has 0 radical (unpaired) electrons. The number of para-hydroxylation sites is 2. The van der Waals surface area contributed by atoms with Crippen LogP contribution in [0.25, 0.3) is 21.8 Å². The van der Waals surface area contributed by atoms with Gasteiger partial charge in [0.25, 0.3) is 0 Å². The van der Waals surface area contributed by atoms with Crippen LogP contribution in [0.2, 0.25) is 0 Å². The number of nitrogens with zero attached hydrogens (tertiary/aromatic N) is 5. The number of nitrogens with two attached hydrogens (primary N) is 2. The molecule has 3 aromatic heterocycles. The van der Waals surface area contributed by atoms with Crippen molar-refractivity contribution in [3.05, 3.63) is 120 Å². The highest BCUT2D eigenvalue weighted by Crippen LogP contribution is 2.32. The Hall–Kier alpha value is -13.2. The quantitative estimate of drug-likeness (QED) is 0.0328. The number of aromatic amines is 3. The Morgan fingerprint density at radius 2 is 1.14 bits per heavy atom. The number of imidazole rings is 1. The molecule has 0 spiro atoms. The fourth-order valence-corrected chi connectivity index (χ4v) is 18.8. The number of thioether (sulfide) groups is 1. The number of aromatic hydroxyl groups is 1. The number of unbranched alkanes of at least 4 members (excludes halogenated alkanes) is 2. The summed E-state index contributed by atoms with van der Waals surface area (Å²) in [7, 11) is 1.38. The minimum Gasteiger partial charge on any atom is -0.508 e. The molecule has 6 aromatic rings. The first-order valence-corrected chi connectivity index (χ1v) is 47.3. The van der Waals surface area contributed by atoms with Crippen LogP contribution in [0.5, 0.6) is 5.75 Å². The third-order valence-electron chi connectivity index (χ3n) is 25.4. The van der Waals surface area contributed by atoms with E-state index in [4.69, 9.17) is 11.5 Å². The predicted octanol–water partition coefficient (Wildman–Crippen LogP) is -0.416. The predicted molar refractivity (Wildman–Crippen MR) is 494 cm³/mol. The molecule has 16 atom stereocenters. The number of aromatic nitrogens is 4. The van der Waals surface area contributed by atoms with E-state index < -0.39 is 272 Å². The first-order valence-electron chi connectivity index (χ1n) is 46.2. The molecular formula is C93H125N19O23S. The highest BCUT2D eigenvalue weighted by molar-refractivity contribution is 8.00. The van der Waals surface area contributed by atoms with Gasteiger partial charge in [-0.25, -0.2) is 4.98 Å². The molecule has 736 valence electrons. The lowest BCUT2D eigenvalue weighted by Gasteiger charge is -2.38. The zero-order chi connectivity index (χ0) is 98.6. The van der Waals surface area contributed by atoms with E-state index in [-0.39, 0.29) is 95.3 Å². The van der Waals surface area contributed by atoms with E-state index >= 15 is 47.9 Å². The van der Waals surface area contributed by atoms with Crippen molar-refractivity contribution >= 4 is 140 Å². The van der Waals surface area contributed by atoms with Crippen molar-refractivity contribution in [2.75, 3.05) is 57.9 Å². The van der Waals surface area contributed by atoms with Gasteiger partial charge in [-0.2, -0.15) is 0 Å². The number of fused-ring (bicyclic) bond motifs is 5. The number of primary amides is 1. The second-order valence-corrected chi connectivity index (χ2v) is 36.2. The van der Waals surface area contributed by atoms with Crippen LogP contribution < -0.4 is 59.3 Å². The van der Waals surface area contributed by atoms with Crippen LogP contribution in [-0.2, 0) is 112 Å². The molecule has 136 heavy (non-hydrogen) atoms. The number of carbonyl (C=O) groups excluding carboxylic acids is 16. The average Bonchev–Trinajstić information content (AvgIpc) is 1.74. The number of H-pyrrole nitrogens is 3. The number of aliphatic carboxylic acids is 2. The molecule has 42 nitrogen and oxygen atoms in total. The number of piperidine rings is 1. The van der Waals surface area contributed by atoms with Gasteiger partial charge in [0.05, 0.1) is 61.5 Å². The largest absolute Gasteiger partial charge is 0.508 e. The standard InChI is InChI=1S/C93H125N19O23S/c1-5-7-17-59-51(3)81(123)67(37-54-43-98-63-21-12-10-19-61(54)63)105-82(124)55(47-113)38-76(116)66(36-53-42-97-62-20-11-9-18-60(53)62)104-89(131)75-40-58(115)46-112(75)91(133)65(30-31-79(119)120)103-85(127)68(39-56-44-96-50-100-56)106-87(129)74-25-16-34-111(74)93(135)70(41-80(121)122)107-88(130)73-24-13-14-33-110(73)92(134)69(35-52-26-28-57(114)29-27-52)101-78(118)49-136-48-71(83(125)99-45-77(95)117)108-84(126)64(22-15-32-94)102-86(128)72(23-8-6-2)109(4)90(59)132/h9-12,18-21,26-29,42-44,50-51,55,58-59,64-75,97-98,113-115H,5-8,13-17,22-25,30-41,45-49,94H2,1-4H3,(H2,95,117)(H,96,100)(H,99,125)(H,101,118)(H,102,128)(H,103,127)(H,104,131)(H,105,124)(H,106,129)(H,107,130)(H,108,126)(H,119,120)(H,121,122)/t51?,55-,58+,59+,64-,65-,66-,67-,68-,69-,70-,71-,72-,73-,74-,75-/m0/s1. The Morgan fingerprint density at radius 1 is 0.566 bits per heavy atom. The highest BCUT2D eigenvalue weighted by atomic mass is 32.2. The van der Waals surface area contributed by atoms with Crippen molar-refractivity contribution in [3.8, 4) is 5.75 Å². The Kier molecular flexibility index (Phi) is 38.9. The number of hydrogen-bond donors (Lipinski definition) is 19. The summed E-state index contributed by atoms with van der Waals surface area (Å²) in [5, 5.41) is 78.5. The summed E-state index contributed by atoms with van der Waals surface area (Å²) in [6.07, 6.45) is 1.85. The minimum atomic E-state index is -1.92. The van der Waals surface area contributed by atoms with E-state index in [0.29, 0.717) is 77.0 Å². The van der Waals surface area contributed by atoms with Crippen LogP contribution in [0.1, 0.15) is 159 Å².